The summed E-state index contributed by atoms with van der Waals surface area (Å²) in [6.07, 6.45) is -4.73. The predicted molar refractivity (Wildman–Crippen MR) is 158 cm³/mol. The van der Waals surface area contributed by atoms with Crippen molar-refractivity contribution in [1.29, 1.82) is 0 Å². The Bertz CT molecular complexity index is 1830. The molecule has 0 fully saturated rings. The van der Waals surface area contributed by atoms with E-state index in [4.69, 9.17) is 4.74 Å². The molecule has 2 atom stereocenters. The minimum atomic E-state index is -4.64. The lowest BCUT2D eigenvalue weighted by molar-refractivity contribution is -0.137. The summed E-state index contributed by atoms with van der Waals surface area (Å²) in [5.41, 5.74) is 6.86. The number of ether oxygens (including phenoxy) is 1. The number of hydrogen-bond acceptors (Lipinski definition) is 6. The van der Waals surface area contributed by atoms with E-state index in [1.807, 2.05) is 0 Å². The maximum Gasteiger partial charge on any atom is 0.416 e. The summed E-state index contributed by atoms with van der Waals surface area (Å²) in [5, 5.41) is 6.55. The van der Waals surface area contributed by atoms with E-state index in [1.165, 1.54) is 19.1 Å². The SMILES string of the molecule is CC1(N=[N+]=[N-])CC(C(=O)Nc2ccccc2)n2c1ncc(N(Cc1cccc(C(F)(F)F)c1)C(=O)OCc1ccccc1)c2=O. The van der Waals surface area contributed by atoms with Gasteiger partial charge in [0, 0.05) is 10.6 Å². The highest BCUT2D eigenvalue weighted by Gasteiger charge is 2.46. The maximum absolute atomic E-state index is 14.1. The normalized spacial score (nSPS) is 17.1. The fourth-order valence-corrected chi connectivity index (χ4v) is 5.11. The van der Waals surface area contributed by atoms with E-state index >= 15 is 0 Å². The van der Waals surface area contributed by atoms with Crippen LogP contribution < -0.4 is 15.8 Å². The van der Waals surface area contributed by atoms with Gasteiger partial charge in [-0.15, -0.1) is 0 Å². The van der Waals surface area contributed by atoms with Crippen molar-refractivity contribution in [3.8, 4) is 0 Å². The molecule has 5 rings (SSSR count). The third-order valence-corrected chi connectivity index (χ3v) is 7.28. The maximum atomic E-state index is 14.1. The summed E-state index contributed by atoms with van der Waals surface area (Å²) in [6, 6.07) is 20.3. The van der Waals surface area contributed by atoms with Gasteiger partial charge in [0.15, 0.2) is 0 Å². The number of para-hydroxylation sites is 1. The second kappa shape index (κ2) is 12.5. The van der Waals surface area contributed by atoms with Crippen molar-refractivity contribution in [3.05, 3.63) is 134 Å². The molecule has 4 aromatic rings. The Morgan fingerprint density at radius 2 is 1.76 bits per heavy atom. The Labute approximate surface area is 254 Å². The molecule has 45 heavy (non-hydrogen) atoms. The Balaban J connectivity index is 1.57. The van der Waals surface area contributed by atoms with Crippen LogP contribution in [-0.2, 0) is 34.4 Å². The first kappa shape index (κ1) is 30.8. The topological polar surface area (TPSA) is 142 Å². The van der Waals surface area contributed by atoms with Gasteiger partial charge in [-0.25, -0.2) is 9.78 Å². The lowest BCUT2D eigenvalue weighted by Crippen LogP contribution is -2.39. The van der Waals surface area contributed by atoms with Gasteiger partial charge >= 0.3 is 12.3 Å². The van der Waals surface area contributed by atoms with Crippen LogP contribution in [-0.4, -0.2) is 21.6 Å². The van der Waals surface area contributed by atoms with Gasteiger partial charge in [0.25, 0.3) is 5.56 Å². The monoisotopic (exact) mass is 617 g/mol. The van der Waals surface area contributed by atoms with Crippen molar-refractivity contribution in [2.24, 2.45) is 5.11 Å². The van der Waals surface area contributed by atoms with E-state index in [0.29, 0.717) is 11.3 Å². The molecule has 3 aromatic carbocycles. The summed E-state index contributed by atoms with van der Waals surface area (Å²) in [7, 11) is 0. The molecule has 0 saturated carbocycles. The van der Waals surface area contributed by atoms with Crippen LogP contribution in [0.5, 0.6) is 0 Å². The minimum absolute atomic E-state index is 0.0149. The number of fused-ring (bicyclic) bond motifs is 1. The highest BCUT2D eigenvalue weighted by Crippen LogP contribution is 2.41. The van der Waals surface area contributed by atoms with Gasteiger partial charge in [-0.1, -0.05) is 65.8 Å². The molecule has 230 valence electrons. The zero-order chi connectivity index (χ0) is 32.2. The largest absolute Gasteiger partial charge is 0.444 e. The number of alkyl halides is 3. The molecular formula is C31H26F3N7O4. The van der Waals surface area contributed by atoms with Crippen LogP contribution >= 0.6 is 0 Å². The molecule has 1 aliphatic rings. The van der Waals surface area contributed by atoms with E-state index < -0.39 is 47.4 Å². The Kier molecular flexibility index (Phi) is 8.59. The van der Waals surface area contributed by atoms with Crippen LogP contribution in [0.2, 0.25) is 0 Å². The molecular weight excluding hydrogens is 591 g/mol. The van der Waals surface area contributed by atoms with Gasteiger partial charge in [-0.2, -0.15) is 13.2 Å². The number of anilines is 2. The summed E-state index contributed by atoms with van der Waals surface area (Å²) in [5.74, 6) is -0.615. The lowest BCUT2D eigenvalue weighted by Gasteiger charge is -2.24. The molecule has 1 aromatic heterocycles. The Morgan fingerprint density at radius 1 is 1.09 bits per heavy atom. The van der Waals surface area contributed by atoms with Crippen molar-refractivity contribution >= 4 is 23.4 Å². The third kappa shape index (κ3) is 6.65. The molecule has 14 heteroatoms. The number of hydrogen-bond donors (Lipinski definition) is 1. The molecule has 0 saturated heterocycles. The quantitative estimate of drug-likeness (QED) is 0.133. The number of nitrogens with zero attached hydrogens (tertiary/aromatic N) is 6. The van der Waals surface area contributed by atoms with E-state index in [-0.39, 0.29) is 30.1 Å². The number of rotatable bonds is 8. The van der Waals surface area contributed by atoms with Crippen LogP contribution in [0.15, 0.2) is 101 Å². The van der Waals surface area contributed by atoms with E-state index in [0.717, 1.165) is 27.8 Å². The molecule has 2 unspecified atom stereocenters. The second-order valence-electron chi connectivity index (χ2n) is 10.5. The lowest BCUT2D eigenvalue weighted by atomic mass is 9.98. The van der Waals surface area contributed by atoms with Gasteiger partial charge < -0.3 is 10.1 Å². The molecule has 2 amide bonds. The summed E-state index contributed by atoms with van der Waals surface area (Å²) < 4.78 is 46.9. The van der Waals surface area contributed by atoms with Gasteiger partial charge in [-0.3, -0.25) is 19.1 Å². The number of azide groups is 1. The van der Waals surface area contributed by atoms with Crippen LogP contribution in [0.25, 0.3) is 10.4 Å². The number of carbonyl (C=O) groups excluding carboxylic acids is 2. The molecule has 0 bridgehead atoms. The molecule has 0 aliphatic carbocycles. The number of amides is 2. The number of carbonyl (C=O) groups is 2. The first-order valence-corrected chi connectivity index (χ1v) is 13.7. The highest BCUT2D eigenvalue weighted by molar-refractivity contribution is 5.94. The zero-order valence-electron chi connectivity index (χ0n) is 23.8. The first-order chi connectivity index (χ1) is 21.5. The van der Waals surface area contributed by atoms with Crippen LogP contribution in [0.4, 0.5) is 29.3 Å². The number of nitrogens with one attached hydrogen (secondary N) is 1. The number of aromatic nitrogens is 2. The van der Waals surface area contributed by atoms with E-state index in [9.17, 15) is 33.1 Å². The molecule has 0 radical (unpaired) electrons. The van der Waals surface area contributed by atoms with Crippen molar-refractivity contribution < 1.29 is 27.5 Å². The first-order valence-electron chi connectivity index (χ1n) is 13.7. The fraction of sp³-hybridized carbons (Fsp3) is 0.226. The Hall–Kier alpha value is -5.62. The fourth-order valence-electron chi connectivity index (χ4n) is 5.11. The van der Waals surface area contributed by atoms with Gasteiger partial charge in [0.1, 0.15) is 29.7 Å². The number of benzene rings is 3. The third-order valence-electron chi connectivity index (χ3n) is 7.28. The highest BCUT2D eigenvalue weighted by atomic mass is 19.4. The average molecular weight is 618 g/mol. The van der Waals surface area contributed by atoms with Crippen molar-refractivity contribution in [2.45, 2.75) is 44.3 Å². The molecule has 1 N–H and O–H groups in total. The van der Waals surface area contributed by atoms with Crippen molar-refractivity contribution in [3.63, 3.8) is 0 Å². The van der Waals surface area contributed by atoms with Gasteiger partial charge in [0.05, 0.1) is 18.3 Å². The standard InChI is InChI=1S/C31H26F3N7O4/c1-30(38-39-35)16-24(26(42)37-23-13-6-3-7-14-23)41-27(43)25(17-36-28(30)41)40(29(44)45-19-20-9-4-2-5-10-20)18-21-11-8-12-22(15-21)31(32,33)34/h2-15,17,24H,16,18-19H2,1H3,(H,37,42). The summed E-state index contributed by atoms with van der Waals surface area (Å²) >= 11 is 0. The van der Waals surface area contributed by atoms with Crippen molar-refractivity contribution in [1.82, 2.24) is 9.55 Å². The van der Waals surface area contributed by atoms with Gasteiger partial charge in [-0.05, 0) is 54.3 Å². The minimum Gasteiger partial charge on any atom is -0.444 e. The summed E-state index contributed by atoms with van der Waals surface area (Å²) in [4.78, 5) is 49.2. The Morgan fingerprint density at radius 3 is 2.42 bits per heavy atom. The van der Waals surface area contributed by atoms with Crippen molar-refractivity contribution in [2.75, 3.05) is 10.2 Å². The van der Waals surface area contributed by atoms with E-state index in [2.05, 4.69) is 20.3 Å². The molecule has 1 aliphatic heterocycles. The molecule has 2 heterocycles. The second-order valence-corrected chi connectivity index (χ2v) is 10.5. The van der Waals surface area contributed by atoms with E-state index in [1.54, 1.807) is 60.7 Å². The molecule has 0 spiro atoms. The van der Waals surface area contributed by atoms with Crippen LogP contribution in [0, 0.1) is 0 Å². The molecule has 11 nitrogen and oxygen atoms in total. The average Bonchev–Trinajstić information content (AvgIpc) is 3.33. The summed E-state index contributed by atoms with van der Waals surface area (Å²) in [6.45, 7) is 0.854. The van der Waals surface area contributed by atoms with Crippen LogP contribution in [0.3, 0.4) is 0 Å². The number of halogens is 3. The van der Waals surface area contributed by atoms with Crippen LogP contribution in [0.1, 0.15) is 41.9 Å². The smallest absolute Gasteiger partial charge is 0.416 e. The zero-order valence-corrected chi connectivity index (χ0v) is 23.8. The van der Waals surface area contributed by atoms with Gasteiger partial charge in [0.2, 0.25) is 5.91 Å². The predicted octanol–water partition coefficient (Wildman–Crippen LogP) is 6.71.